The zero-order valence-corrected chi connectivity index (χ0v) is 5.01. The van der Waals surface area contributed by atoms with Gasteiger partial charge in [-0.2, -0.15) is 0 Å². The molecule has 0 aliphatic heterocycles. The third kappa shape index (κ3) is 3.52. The van der Waals surface area contributed by atoms with Crippen molar-refractivity contribution in [1.29, 1.82) is 10.8 Å². The zero-order valence-electron chi connectivity index (χ0n) is 4.19. The highest BCUT2D eigenvalue weighted by Crippen LogP contribution is 1.98. The van der Waals surface area contributed by atoms with Gasteiger partial charge in [0.2, 0.25) is 0 Å². The normalized spacial score (nSPS) is 8.14. The van der Waals surface area contributed by atoms with Gasteiger partial charge in [-0.1, -0.05) is 18.7 Å². The molecule has 7 heavy (non-hydrogen) atoms. The van der Waals surface area contributed by atoms with Crippen molar-refractivity contribution in [2.75, 3.05) is 0 Å². The third-order valence-electron chi connectivity index (χ3n) is 0.522. The van der Waals surface area contributed by atoms with E-state index in [9.17, 15) is 0 Å². The van der Waals surface area contributed by atoms with Crippen molar-refractivity contribution in [3.63, 3.8) is 0 Å². The van der Waals surface area contributed by atoms with Crippen molar-refractivity contribution in [2.45, 2.75) is 13.3 Å². The average Bonchev–Trinajstić information content (AvgIpc) is 1.68. The highest BCUT2D eigenvalue weighted by atomic mass is 32.2. The summed E-state index contributed by atoms with van der Waals surface area (Å²) in [5.41, 5.74) is 1.17. The predicted octanol–water partition coefficient (Wildman–Crippen LogP) is 1.71. The van der Waals surface area contributed by atoms with Gasteiger partial charge in [-0.25, -0.2) is 0 Å². The molecule has 0 aliphatic carbocycles. The Kier molecular flexibility index (Phi) is 3.69. The SMILES string of the molecule is CCC(=N)SC=N. The van der Waals surface area contributed by atoms with Crippen LogP contribution >= 0.6 is 11.8 Å². The lowest BCUT2D eigenvalue weighted by Gasteiger charge is -1.86. The number of hydrogen-bond donors (Lipinski definition) is 2. The predicted molar refractivity (Wildman–Crippen MR) is 34.4 cm³/mol. The van der Waals surface area contributed by atoms with Gasteiger partial charge in [-0.15, -0.1) is 0 Å². The van der Waals surface area contributed by atoms with Crippen LogP contribution in [0.4, 0.5) is 0 Å². The molecule has 0 spiro atoms. The van der Waals surface area contributed by atoms with Crippen molar-refractivity contribution >= 4 is 22.4 Å². The summed E-state index contributed by atoms with van der Waals surface area (Å²) in [6, 6.07) is 0. The lowest BCUT2D eigenvalue weighted by molar-refractivity contribution is 1.28. The standard InChI is InChI=1S/C4H8N2S/c1-2-4(6)7-3-5/h3,5-6H,2H2,1H3. The van der Waals surface area contributed by atoms with Crippen LogP contribution < -0.4 is 0 Å². The smallest absolute Gasteiger partial charge is 0.0695 e. The summed E-state index contributed by atoms with van der Waals surface area (Å²) in [7, 11) is 0. The van der Waals surface area contributed by atoms with E-state index < -0.39 is 0 Å². The highest BCUT2D eigenvalue weighted by molar-refractivity contribution is 8.24. The first-order valence-corrected chi connectivity index (χ1v) is 2.92. The lowest BCUT2D eigenvalue weighted by atomic mass is 10.5. The fraction of sp³-hybridized carbons (Fsp3) is 0.500. The Morgan fingerprint density at radius 1 is 1.86 bits per heavy atom. The maximum Gasteiger partial charge on any atom is 0.0695 e. The van der Waals surface area contributed by atoms with E-state index in [4.69, 9.17) is 10.8 Å². The molecule has 0 unspecified atom stereocenters. The molecule has 40 valence electrons. The molecule has 0 saturated heterocycles. The minimum atomic E-state index is 0.551. The second kappa shape index (κ2) is 3.87. The van der Waals surface area contributed by atoms with Crippen LogP contribution in [0.25, 0.3) is 0 Å². The Morgan fingerprint density at radius 3 is 2.57 bits per heavy atom. The summed E-state index contributed by atoms with van der Waals surface area (Å²) < 4.78 is 0. The zero-order chi connectivity index (χ0) is 5.70. The number of hydrogen-bond acceptors (Lipinski definition) is 3. The van der Waals surface area contributed by atoms with Crippen LogP contribution in [-0.2, 0) is 0 Å². The maximum absolute atomic E-state index is 6.95. The first-order valence-electron chi connectivity index (χ1n) is 2.04. The van der Waals surface area contributed by atoms with Gasteiger partial charge in [0.1, 0.15) is 0 Å². The van der Waals surface area contributed by atoms with E-state index in [0.29, 0.717) is 5.04 Å². The van der Waals surface area contributed by atoms with Gasteiger partial charge in [0.25, 0.3) is 0 Å². The molecule has 0 atom stereocenters. The second-order valence-corrected chi connectivity index (χ2v) is 1.98. The van der Waals surface area contributed by atoms with E-state index >= 15 is 0 Å². The largest absolute Gasteiger partial charge is 0.301 e. The topological polar surface area (TPSA) is 47.7 Å². The average molecular weight is 116 g/mol. The van der Waals surface area contributed by atoms with Crippen LogP contribution in [0.1, 0.15) is 13.3 Å². The van der Waals surface area contributed by atoms with Crippen LogP contribution in [0.2, 0.25) is 0 Å². The lowest BCUT2D eigenvalue weighted by Crippen LogP contribution is -1.82. The summed E-state index contributed by atoms with van der Waals surface area (Å²) in [5.74, 6) is 0. The van der Waals surface area contributed by atoms with E-state index in [0.717, 1.165) is 18.2 Å². The van der Waals surface area contributed by atoms with Gasteiger partial charge >= 0.3 is 0 Å². The van der Waals surface area contributed by atoms with Gasteiger partial charge in [-0.3, -0.25) is 5.41 Å². The van der Waals surface area contributed by atoms with Gasteiger partial charge in [-0.05, 0) is 6.42 Å². The second-order valence-electron chi connectivity index (χ2n) is 1.01. The molecule has 0 aromatic carbocycles. The van der Waals surface area contributed by atoms with Crippen LogP contribution in [0, 0.1) is 10.8 Å². The molecule has 2 nitrogen and oxygen atoms in total. The summed E-state index contributed by atoms with van der Waals surface area (Å²) >= 11 is 1.16. The van der Waals surface area contributed by atoms with E-state index in [-0.39, 0.29) is 0 Å². The van der Waals surface area contributed by atoms with Crippen molar-refractivity contribution in [2.24, 2.45) is 0 Å². The van der Waals surface area contributed by atoms with Crippen LogP contribution in [-0.4, -0.2) is 10.6 Å². The van der Waals surface area contributed by atoms with Crippen LogP contribution in [0.15, 0.2) is 0 Å². The minimum Gasteiger partial charge on any atom is -0.301 e. The molecule has 0 aromatic rings. The third-order valence-corrected chi connectivity index (χ3v) is 1.21. The Morgan fingerprint density at radius 2 is 2.43 bits per heavy atom. The first kappa shape index (κ1) is 6.69. The molecule has 0 saturated carbocycles. The van der Waals surface area contributed by atoms with Crippen LogP contribution in [0.3, 0.4) is 0 Å². The monoisotopic (exact) mass is 116 g/mol. The number of rotatable bonds is 2. The van der Waals surface area contributed by atoms with Crippen molar-refractivity contribution in [1.82, 2.24) is 0 Å². The molecule has 0 aromatic heterocycles. The molecule has 0 radical (unpaired) electrons. The maximum atomic E-state index is 6.95. The van der Waals surface area contributed by atoms with Gasteiger partial charge in [0, 0.05) is 0 Å². The summed E-state index contributed by atoms with van der Waals surface area (Å²) in [6.45, 7) is 1.90. The summed E-state index contributed by atoms with van der Waals surface area (Å²) in [4.78, 5) is 0. The molecule has 0 bridgehead atoms. The van der Waals surface area contributed by atoms with Crippen molar-refractivity contribution < 1.29 is 0 Å². The molecule has 0 heterocycles. The van der Waals surface area contributed by atoms with Crippen molar-refractivity contribution in [3.05, 3.63) is 0 Å². The van der Waals surface area contributed by atoms with E-state index in [2.05, 4.69) is 0 Å². The Bertz CT molecular complexity index is 79.8. The van der Waals surface area contributed by atoms with Crippen LogP contribution in [0.5, 0.6) is 0 Å². The summed E-state index contributed by atoms with van der Waals surface area (Å²) in [5, 5.41) is 14.0. The molecule has 2 N–H and O–H groups in total. The van der Waals surface area contributed by atoms with E-state index in [1.807, 2.05) is 6.92 Å². The minimum absolute atomic E-state index is 0.551. The molecular weight excluding hydrogens is 108 g/mol. The van der Waals surface area contributed by atoms with E-state index in [1.165, 1.54) is 5.55 Å². The van der Waals surface area contributed by atoms with E-state index in [1.54, 1.807) is 0 Å². The Balaban J connectivity index is 3.17. The van der Waals surface area contributed by atoms with Crippen molar-refractivity contribution in [3.8, 4) is 0 Å². The molecule has 0 aliphatic rings. The molecule has 0 rings (SSSR count). The van der Waals surface area contributed by atoms with Gasteiger partial charge in [0.05, 0.1) is 10.6 Å². The molecule has 0 fully saturated rings. The first-order chi connectivity index (χ1) is 3.31. The highest BCUT2D eigenvalue weighted by Gasteiger charge is 1.85. The number of thioether (sulfide) groups is 1. The molecule has 0 amide bonds. The van der Waals surface area contributed by atoms with Gasteiger partial charge in [0.15, 0.2) is 0 Å². The Labute approximate surface area is 47.3 Å². The quantitative estimate of drug-likeness (QED) is 0.418. The fourth-order valence-corrected chi connectivity index (χ4v) is 0.463. The fourth-order valence-electron chi connectivity index (χ4n) is 0.154. The van der Waals surface area contributed by atoms with Gasteiger partial charge < -0.3 is 5.41 Å². The summed E-state index contributed by atoms with van der Waals surface area (Å²) in [6.07, 6.45) is 0.736. The Hall–Kier alpha value is -0.310. The molecular formula is C4H8N2S. The number of nitrogens with one attached hydrogen (secondary N) is 2. The molecule has 3 heteroatoms.